The van der Waals surface area contributed by atoms with Crippen molar-refractivity contribution >= 4 is 34.6 Å². The summed E-state index contributed by atoms with van der Waals surface area (Å²) < 4.78 is 54.2. The summed E-state index contributed by atoms with van der Waals surface area (Å²) in [6.07, 6.45) is -6.47. The van der Waals surface area contributed by atoms with Crippen LogP contribution in [0.4, 0.5) is 0 Å². The number of aliphatic hydroxyl groups excluding tert-OH is 2. The van der Waals surface area contributed by atoms with Gasteiger partial charge in [0.05, 0.1) is 6.33 Å². The largest absolute Gasteiger partial charge is 0.492 e. The van der Waals surface area contributed by atoms with Crippen LogP contribution in [0.2, 0.25) is 0 Å². The standard InChI is InChI=1S/C15H23N4O15P3/c1-4-15(2,3)10(32-36(27,28)34-37(29,30)33-35(24,25)26)9-7(20)8(21)13(31-9)19-5-16-6-11(19)17-14(23)18-12(6)22/h4-5,7-10,13,20-21H,1H2,2-3H3,(H,27,28)(H,29,30)(H2,24,25,26)(H2,17,18,22,23)/t7-,8+,9-,10?,13+/m0/s1. The number of phosphoric acid groups is 3. The molecule has 1 saturated heterocycles. The van der Waals surface area contributed by atoms with E-state index in [4.69, 9.17) is 19.0 Å². The maximum absolute atomic E-state index is 12.5. The number of aromatic hydroxyl groups is 2. The first-order valence-corrected chi connectivity index (χ1v) is 14.4. The summed E-state index contributed by atoms with van der Waals surface area (Å²) in [4.78, 5) is 47.7. The first kappa shape index (κ1) is 29.7. The maximum atomic E-state index is 12.5. The summed E-state index contributed by atoms with van der Waals surface area (Å²) in [5.74, 6) is -0.704. The summed E-state index contributed by atoms with van der Waals surface area (Å²) in [5.41, 5.74) is -1.83. The highest BCUT2D eigenvalue weighted by Gasteiger charge is 2.54. The molecule has 8 N–H and O–H groups in total. The number of aliphatic hydroxyl groups is 2. The number of ether oxygens (including phenoxy) is 1. The molecule has 1 aliphatic rings. The van der Waals surface area contributed by atoms with Crippen LogP contribution in [0.5, 0.6) is 11.9 Å². The minimum absolute atomic E-state index is 0.206. The Morgan fingerprint density at radius 3 is 2.27 bits per heavy atom. The summed E-state index contributed by atoms with van der Waals surface area (Å²) in [6, 6.07) is -0.852. The van der Waals surface area contributed by atoms with Crippen molar-refractivity contribution in [2.75, 3.05) is 0 Å². The Labute approximate surface area is 207 Å². The number of rotatable bonds is 10. The van der Waals surface area contributed by atoms with Gasteiger partial charge < -0.3 is 44.7 Å². The molecule has 0 amide bonds. The molecule has 3 unspecified atom stereocenters. The predicted octanol–water partition coefficient (Wildman–Crippen LogP) is -0.219. The fourth-order valence-electron chi connectivity index (χ4n) is 3.42. The fraction of sp³-hybridized carbons (Fsp3) is 0.533. The molecule has 19 nitrogen and oxygen atoms in total. The van der Waals surface area contributed by atoms with Gasteiger partial charge in [-0.3, -0.25) is 9.09 Å². The monoisotopic (exact) mass is 592 g/mol. The van der Waals surface area contributed by atoms with Crippen LogP contribution < -0.4 is 0 Å². The Morgan fingerprint density at radius 2 is 1.70 bits per heavy atom. The first-order valence-electron chi connectivity index (χ1n) is 9.87. The third-order valence-corrected chi connectivity index (χ3v) is 8.98. The van der Waals surface area contributed by atoms with E-state index in [9.17, 15) is 43.9 Å². The van der Waals surface area contributed by atoms with Gasteiger partial charge in [-0.1, -0.05) is 19.9 Å². The normalized spacial score (nSPS) is 27.0. The smallest absolute Gasteiger partial charge is 0.490 e. The van der Waals surface area contributed by atoms with Crippen molar-refractivity contribution in [2.24, 2.45) is 5.41 Å². The van der Waals surface area contributed by atoms with Gasteiger partial charge in [0.2, 0.25) is 5.88 Å². The zero-order valence-corrected chi connectivity index (χ0v) is 21.5. The van der Waals surface area contributed by atoms with E-state index in [1.807, 2.05) is 0 Å². The van der Waals surface area contributed by atoms with Crippen LogP contribution in [0.1, 0.15) is 20.1 Å². The van der Waals surface area contributed by atoms with Gasteiger partial charge in [0.1, 0.15) is 24.4 Å². The maximum Gasteiger partial charge on any atom is 0.490 e. The van der Waals surface area contributed by atoms with Gasteiger partial charge in [0.15, 0.2) is 17.4 Å². The van der Waals surface area contributed by atoms with Crippen molar-refractivity contribution in [1.82, 2.24) is 19.5 Å². The lowest BCUT2D eigenvalue weighted by atomic mass is 9.82. The van der Waals surface area contributed by atoms with Gasteiger partial charge in [-0.05, 0) is 0 Å². The van der Waals surface area contributed by atoms with Gasteiger partial charge in [-0.2, -0.15) is 18.6 Å². The van der Waals surface area contributed by atoms with Crippen LogP contribution in [0.15, 0.2) is 19.0 Å². The molecule has 2 aromatic rings. The summed E-state index contributed by atoms with van der Waals surface area (Å²) >= 11 is 0. The van der Waals surface area contributed by atoms with Crippen molar-refractivity contribution in [1.29, 1.82) is 0 Å². The van der Waals surface area contributed by atoms with Crippen molar-refractivity contribution in [3.05, 3.63) is 19.0 Å². The number of hydrogen-bond donors (Lipinski definition) is 8. The number of aromatic nitrogens is 4. The number of fused-ring (bicyclic) bond motifs is 1. The molecular formula is C15H23N4O15P3. The zero-order chi connectivity index (χ0) is 28.1. The summed E-state index contributed by atoms with van der Waals surface area (Å²) in [5, 5.41) is 40.8. The molecule has 2 aromatic heterocycles. The Balaban J connectivity index is 1.95. The van der Waals surface area contributed by atoms with Crippen molar-refractivity contribution in [3.8, 4) is 11.9 Å². The number of nitrogens with zero attached hydrogens (tertiary/aromatic N) is 4. The van der Waals surface area contributed by atoms with E-state index in [0.29, 0.717) is 0 Å². The van der Waals surface area contributed by atoms with E-state index in [1.54, 1.807) is 0 Å². The molecule has 1 aliphatic heterocycles. The number of phosphoric ester groups is 1. The third kappa shape index (κ3) is 6.61. The van der Waals surface area contributed by atoms with Crippen LogP contribution in [0, 0.1) is 5.41 Å². The quantitative estimate of drug-likeness (QED) is 0.131. The van der Waals surface area contributed by atoms with E-state index in [2.05, 4.69) is 30.2 Å². The van der Waals surface area contributed by atoms with Gasteiger partial charge in [0, 0.05) is 5.41 Å². The second kappa shape index (κ2) is 10.1. The lowest BCUT2D eigenvalue weighted by Gasteiger charge is -2.36. The van der Waals surface area contributed by atoms with Crippen molar-refractivity contribution in [3.63, 3.8) is 0 Å². The summed E-state index contributed by atoms with van der Waals surface area (Å²) in [6.45, 7) is 6.29. The van der Waals surface area contributed by atoms with E-state index < -0.39 is 71.4 Å². The molecule has 3 rings (SSSR count). The fourth-order valence-corrected chi connectivity index (χ4v) is 6.76. The van der Waals surface area contributed by atoms with Gasteiger partial charge in [-0.15, -0.1) is 6.58 Å². The lowest BCUT2D eigenvalue weighted by Crippen LogP contribution is -2.46. The molecule has 3 heterocycles. The average Bonchev–Trinajstić information content (AvgIpc) is 3.25. The second-order valence-electron chi connectivity index (χ2n) is 8.29. The van der Waals surface area contributed by atoms with Crippen molar-refractivity contribution < 1.29 is 71.6 Å². The molecule has 0 saturated carbocycles. The highest BCUT2D eigenvalue weighted by molar-refractivity contribution is 7.66. The second-order valence-corrected chi connectivity index (χ2v) is 12.7. The molecule has 1 fully saturated rings. The topological polar surface area (TPSA) is 294 Å². The van der Waals surface area contributed by atoms with Crippen molar-refractivity contribution in [2.45, 2.75) is 44.5 Å². The SMILES string of the molecule is C=CC(C)(C)C(OP(=O)(O)OP(=O)(O)OP(=O)(O)O)[C@H]1O[C@@H](n2cnc3c(O)nc(O)nc32)[C@H](O)[C@@H]1O. The van der Waals surface area contributed by atoms with E-state index in [0.717, 1.165) is 10.9 Å². The molecule has 0 aromatic carbocycles. The van der Waals surface area contributed by atoms with Gasteiger partial charge in [0.25, 0.3) is 0 Å². The van der Waals surface area contributed by atoms with Crippen LogP contribution in [0.25, 0.3) is 11.2 Å². The van der Waals surface area contributed by atoms with E-state index in [1.165, 1.54) is 19.9 Å². The number of hydrogen-bond acceptors (Lipinski definition) is 14. The molecule has 37 heavy (non-hydrogen) atoms. The van der Waals surface area contributed by atoms with Crippen LogP contribution in [-0.2, 0) is 31.6 Å². The Bertz CT molecular complexity index is 1330. The van der Waals surface area contributed by atoms with Crippen LogP contribution in [-0.4, -0.2) is 83.9 Å². The Kier molecular flexibility index (Phi) is 8.08. The molecule has 0 aliphatic carbocycles. The van der Waals surface area contributed by atoms with Crippen LogP contribution >= 0.6 is 23.5 Å². The third-order valence-electron chi connectivity index (χ3n) is 5.16. The Morgan fingerprint density at radius 1 is 1.08 bits per heavy atom. The molecule has 0 radical (unpaired) electrons. The zero-order valence-electron chi connectivity index (χ0n) is 18.8. The highest BCUT2D eigenvalue weighted by Crippen LogP contribution is 2.67. The highest BCUT2D eigenvalue weighted by atomic mass is 31.3. The number of imidazole rings is 1. The molecule has 208 valence electrons. The predicted molar refractivity (Wildman–Crippen MR) is 117 cm³/mol. The minimum Gasteiger partial charge on any atom is -0.492 e. The Hall–Kier alpha value is -1.82. The molecule has 0 spiro atoms. The average molecular weight is 592 g/mol. The first-order chi connectivity index (χ1) is 16.8. The van der Waals surface area contributed by atoms with Crippen LogP contribution in [0.3, 0.4) is 0 Å². The van der Waals surface area contributed by atoms with E-state index >= 15 is 0 Å². The molecule has 22 heteroatoms. The van der Waals surface area contributed by atoms with Gasteiger partial charge >= 0.3 is 29.5 Å². The molecule has 7 atom stereocenters. The van der Waals surface area contributed by atoms with Gasteiger partial charge in [-0.25, -0.2) is 18.7 Å². The lowest BCUT2D eigenvalue weighted by molar-refractivity contribution is -0.105. The van der Waals surface area contributed by atoms with E-state index in [-0.39, 0.29) is 11.2 Å². The molecular weight excluding hydrogens is 569 g/mol. The minimum atomic E-state index is -5.85. The summed E-state index contributed by atoms with van der Waals surface area (Å²) in [7, 11) is -17.2. The molecule has 0 bridgehead atoms.